The number of aromatic nitrogens is 1. The van der Waals surface area contributed by atoms with E-state index in [1.54, 1.807) is 12.1 Å². The Balaban J connectivity index is 1.61. The summed E-state index contributed by atoms with van der Waals surface area (Å²) in [5, 5.41) is 14.0. The normalized spacial score (nSPS) is 12.0. The van der Waals surface area contributed by atoms with Crippen LogP contribution in [-0.2, 0) is 6.54 Å². The molecular formula is C25H20Cl2N2O3. The van der Waals surface area contributed by atoms with Crippen molar-refractivity contribution >= 4 is 46.0 Å². The molecule has 1 heterocycles. The van der Waals surface area contributed by atoms with E-state index in [0.29, 0.717) is 27.7 Å². The highest BCUT2D eigenvalue weighted by Gasteiger charge is 2.18. The molecule has 0 unspecified atom stereocenters. The highest BCUT2D eigenvalue weighted by atomic mass is 35.5. The first-order valence-electron chi connectivity index (χ1n) is 9.99. The largest absolute Gasteiger partial charge is 0.478 e. The molecular weight excluding hydrogens is 447 g/mol. The van der Waals surface area contributed by atoms with Gasteiger partial charge in [0.25, 0.3) is 5.91 Å². The van der Waals surface area contributed by atoms with E-state index in [-0.39, 0.29) is 11.5 Å². The van der Waals surface area contributed by atoms with Gasteiger partial charge in [0.15, 0.2) is 0 Å². The number of halogens is 2. The van der Waals surface area contributed by atoms with E-state index in [0.717, 1.165) is 16.5 Å². The number of rotatable bonds is 6. The minimum atomic E-state index is -1.05. The minimum absolute atomic E-state index is 0.0991. The third-order valence-corrected chi connectivity index (χ3v) is 5.94. The Morgan fingerprint density at radius 2 is 1.78 bits per heavy atom. The zero-order chi connectivity index (χ0) is 22.8. The average Bonchev–Trinajstić information content (AvgIpc) is 3.18. The Labute approximate surface area is 195 Å². The second kappa shape index (κ2) is 9.07. The van der Waals surface area contributed by atoms with Crippen LogP contribution in [0.2, 0.25) is 10.0 Å². The molecule has 0 fully saturated rings. The summed E-state index contributed by atoms with van der Waals surface area (Å²) in [7, 11) is 0. The lowest BCUT2D eigenvalue weighted by molar-refractivity contribution is 0.0696. The number of benzene rings is 3. The predicted octanol–water partition coefficient (Wildman–Crippen LogP) is 6.19. The van der Waals surface area contributed by atoms with Crippen molar-refractivity contribution in [1.82, 2.24) is 9.88 Å². The number of aromatic carboxylic acids is 1. The Morgan fingerprint density at radius 1 is 1.03 bits per heavy atom. The predicted molar refractivity (Wildman–Crippen MR) is 127 cm³/mol. The van der Waals surface area contributed by atoms with Crippen LogP contribution >= 0.6 is 23.2 Å². The number of hydrogen-bond acceptors (Lipinski definition) is 2. The quantitative estimate of drug-likeness (QED) is 0.356. The monoisotopic (exact) mass is 466 g/mol. The standard InChI is InChI=1S/C25H20Cl2N2O3/c1-15(20-10-7-18(25(31)32)13-22(20)27)28-24(30)21-4-2-3-17-11-12-29(23(17)21)14-16-5-8-19(26)9-6-16/h2-13,15H,14H2,1H3,(H,28,30)(H,31,32)/t15-/m0/s1. The summed E-state index contributed by atoms with van der Waals surface area (Å²) < 4.78 is 2.03. The molecule has 0 aliphatic carbocycles. The van der Waals surface area contributed by atoms with Gasteiger partial charge >= 0.3 is 5.97 Å². The second-order valence-electron chi connectivity index (χ2n) is 7.55. The minimum Gasteiger partial charge on any atom is -0.478 e. The topological polar surface area (TPSA) is 71.3 Å². The Morgan fingerprint density at radius 3 is 2.47 bits per heavy atom. The number of hydrogen-bond donors (Lipinski definition) is 2. The maximum Gasteiger partial charge on any atom is 0.335 e. The molecule has 0 radical (unpaired) electrons. The molecule has 0 saturated carbocycles. The molecule has 1 atom stereocenters. The van der Waals surface area contributed by atoms with Crippen molar-refractivity contribution < 1.29 is 14.7 Å². The molecule has 4 rings (SSSR count). The molecule has 3 aromatic carbocycles. The lowest BCUT2D eigenvalue weighted by Gasteiger charge is -2.17. The summed E-state index contributed by atoms with van der Waals surface area (Å²) in [5.74, 6) is -1.29. The fourth-order valence-corrected chi connectivity index (χ4v) is 4.20. The van der Waals surface area contributed by atoms with Gasteiger partial charge in [0.1, 0.15) is 0 Å². The number of nitrogens with zero attached hydrogens (tertiary/aromatic N) is 1. The molecule has 2 N–H and O–H groups in total. The van der Waals surface area contributed by atoms with Crippen LogP contribution in [0.3, 0.4) is 0 Å². The molecule has 0 bridgehead atoms. The van der Waals surface area contributed by atoms with Gasteiger partial charge in [0.05, 0.1) is 22.7 Å². The second-order valence-corrected chi connectivity index (χ2v) is 8.39. The van der Waals surface area contributed by atoms with Gasteiger partial charge in [0, 0.05) is 28.2 Å². The highest BCUT2D eigenvalue weighted by molar-refractivity contribution is 6.31. The molecule has 1 aromatic heterocycles. The molecule has 7 heteroatoms. The van der Waals surface area contributed by atoms with E-state index in [9.17, 15) is 9.59 Å². The third kappa shape index (κ3) is 4.49. The lowest BCUT2D eigenvalue weighted by Crippen LogP contribution is -2.27. The Hall–Kier alpha value is -3.28. The van der Waals surface area contributed by atoms with Crippen LogP contribution < -0.4 is 5.32 Å². The first kappa shape index (κ1) is 21.9. The van der Waals surface area contributed by atoms with Gasteiger partial charge in [-0.15, -0.1) is 0 Å². The number of nitrogens with one attached hydrogen (secondary N) is 1. The van der Waals surface area contributed by atoms with Gasteiger partial charge in [-0.1, -0.05) is 53.5 Å². The summed E-state index contributed by atoms with van der Waals surface area (Å²) in [6.45, 7) is 2.41. The average molecular weight is 467 g/mol. The number of amides is 1. The van der Waals surface area contributed by atoms with Crippen LogP contribution in [0, 0.1) is 0 Å². The van der Waals surface area contributed by atoms with Crippen molar-refractivity contribution in [1.29, 1.82) is 0 Å². The van der Waals surface area contributed by atoms with Crippen LogP contribution in [0.25, 0.3) is 10.9 Å². The molecule has 0 saturated heterocycles. The van der Waals surface area contributed by atoms with Crippen LogP contribution in [0.5, 0.6) is 0 Å². The number of para-hydroxylation sites is 1. The van der Waals surface area contributed by atoms with E-state index >= 15 is 0 Å². The summed E-state index contributed by atoms with van der Waals surface area (Å²) >= 11 is 12.3. The fraction of sp³-hybridized carbons (Fsp3) is 0.120. The molecule has 5 nitrogen and oxygen atoms in total. The molecule has 0 spiro atoms. The first-order valence-corrected chi connectivity index (χ1v) is 10.7. The van der Waals surface area contributed by atoms with E-state index in [2.05, 4.69) is 5.32 Å². The van der Waals surface area contributed by atoms with Crippen molar-refractivity contribution in [2.45, 2.75) is 19.5 Å². The van der Waals surface area contributed by atoms with E-state index in [4.69, 9.17) is 28.3 Å². The Kier molecular flexibility index (Phi) is 6.21. The number of fused-ring (bicyclic) bond motifs is 1. The summed E-state index contributed by atoms with van der Waals surface area (Å²) in [6, 6.07) is 19.3. The number of carboxylic acids is 1. The lowest BCUT2D eigenvalue weighted by atomic mass is 10.0. The van der Waals surface area contributed by atoms with Crippen LogP contribution in [0.1, 0.15) is 44.8 Å². The molecule has 4 aromatic rings. The fourth-order valence-electron chi connectivity index (χ4n) is 3.73. The summed E-state index contributed by atoms with van der Waals surface area (Å²) in [6.07, 6.45) is 1.96. The van der Waals surface area contributed by atoms with Crippen molar-refractivity contribution in [2.24, 2.45) is 0 Å². The van der Waals surface area contributed by atoms with E-state index < -0.39 is 12.0 Å². The molecule has 0 aliphatic heterocycles. The zero-order valence-corrected chi connectivity index (χ0v) is 18.7. The van der Waals surface area contributed by atoms with Crippen molar-refractivity contribution in [3.8, 4) is 0 Å². The van der Waals surface area contributed by atoms with Gasteiger partial charge in [0.2, 0.25) is 0 Å². The van der Waals surface area contributed by atoms with Crippen molar-refractivity contribution in [2.75, 3.05) is 0 Å². The van der Waals surface area contributed by atoms with Crippen LogP contribution in [0.15, 0.2) is 72.9 Å². The van der Waals surface area contributed by atoms with Gasteiger partial charge < -0.3 is 15.0 Å². The molecule has 162 valence electrons. The molecule has 0 aliphatic rings. The van der Waals surface area contributed by atoms with E-state index in [1.165, 1.54) is 12.1 Å². The van der Waals surface area contributed by atoms with E-state index in [1.807, 2.05) is 60.2 Å². The Bertz CT molecular complexity index is 1310. The first-order chi connectivity index (χ1) is 15.3. The maximum atomic E-state index is 13.2. The maximum absolute atomic E-state index is 13.2. The van der Waals surface area contributed by atoms with Crippen molar-refractivity contribution in [3.05, 3.63) is 105 Å². The zero-order valence-electron chi connectivity index (χ0n) is 17.2. The molecule has 1 amide bonds. The third-order valence-electron chi connectivity index (χ3n) is 5.36. The molecule has 32 heavy (non-hydrogen) atoms. The number of carbonyl (C=O) groups is 2. The number of carbonyl (C=O) groups excluding carboxylic acids is 1. The van der Waals surface area contributed by atoms with Crippen LogP contribution in [0.4, 0.5) is 0 Å². The van der Waals surface area contributed by atoms with Crippen molar-refractivity contribution in [3.63, 3.8) is 0 Å². The number of carboxylic acid groups (broad SMARTS) is 1. The van der Waals surface area contributed by atoms with Gasteiger partial charge in [-0.3, -0.25) is 4.79 Å². The van der Waals surface area contributed by atoms with Gasteiger partial charge in [-0.05, 0) is 54.4 Å². The summed E-state index contributed by atoms with van der Waals surface area (Å²) in [4.78, 5) is 24.3. The van der Waals surface area contributed by atoms with Gasteiger partial charge in [-0.25, -0.2) is 4.79 Å². The SMILES string of the molecule is C[C@H](NC(=O)c1cccc2ccn(Cc3ccc(Cl)cc3)c12)c1ccc(C(=O)O)cc1Cl. The smallest absolute Gasteiger partial charge is 0.335 e. The highest BCUT2D eigenvalue weighted by Crippen LogP contribution is 2.26. The van der Waals surface area contributed by atoms with Crippen LogP contribution in [-0.4, -0.2) is 21.6 Å². The summed E-state index contributed by atoms with van der Waals surface area (Å²) in [5.41, 5.74) is 3.20. The van der Waals surface area contributed by atoms with Gasteiger partial charge in [-0.2, -0.15) is 0 Å².